The summed E-state index contributed by atoms with van der Waals surface area (Å²) in [4.78, 5) is 12.6. The highest BCUT2D eigenvalue weighted by Crippen LogP contribution is 2.28. The predicted octanol–water partition coefficient (Wildman–Crippen LogP) is 4.88. The number of nitrogens with zero attached hydrogens (tertiary/aromatic N) is 3. The minimum absolute atomic E-state index is 0.0514. The number of carbonyl (C=O) groups excluding carboxylic acids is 1. The van der Waals surface area contributed by atoms with Gasteiger partial charge < -0.3 is 9.15 Å². The molecule has 0 aliphatic rings. The van der Waals surface area contributed by atoms with Crippen molar-refractivity contribution < 1.29 is 13.9 Å². The average Bonchev–Trinajstić information content (AvgIpc) is 3.43. The quantitative estimate of drug-likeness (QED) is 0.299. The Balaban J connectivity index is 1.61. The van der Waals surface area contributed by atoms with Crippen LogP contribution in [0.2, 0.25) is 0 Å². The molecule has 152 valence electrons. The van der Waals surface area contributed by atoms with Crippen molar-refractivity contribution in [3.63, 3.8) is 0 Å². The van der Waals surface area contributed by atoms with Crippen molar-refractivity contribution in [1.29, 1.82) is 0 Å². The van der Waals surface area contributed by atoms with Crippen LogP contribution in [0, 0.1) is 6.92 Å². The summed E-state index contributed by atoms with van der Waals surface area (Å²) in [5, 5.41) is 9.39. The van der Waals surface area contributed by atoms with Crippen molar-refractivity contribution in [2.24, 2.45) is 0 Å². The third-order valence-electron chi connectivity index (χ3n) is 4.64. The zero-order chi connectivity index (χ0) is 20.9. The second-order valence-electron chi connectivity index (χ2n) is 6.78. The molecule has 0 aliphatic carbocycles. The summed E-state index contributed by atoms with van der Waals surface area (Å²) >= 11 is 1.37. The van der Waals surface area contributed by atoms with Gasteiger partial charge >= 0.3 is 0 Å². The molecule has 7 heteroatoms. The van der Waals surface area contributed by atoms with Gasteiger partial charge in [-0.1, -0.05) is 53.7 Å². The number of furan rings is 1. The van der Waals surface area contributed by atoms with E-state index in [4.69, 9.17) is 9.15 Å². The summed E-state index contributed by atoms with van der Waals surface area (Å²) < 4.78 is 12.8. The van der Waals surface area contributed by atoms with Crippen molar-refractivity contribution in [2.45, 2.75) is 18.6 Å². The van der Waals surface area contributed by atoms with Gasteiger partial charge in [-0.25, -0.2) is 0 Å². The van der Waals surface area contributed by atoms with Gasteiger partial charge in [0.15, 0.2) is 16.8 Å². The average molecular weight is 420 g/mol. The van der Waals surface area contributed by atoms with Crippen LogP contribution >= 0.6 is 11.8 Å². The molecular formula is C23H21N3O3S. The van der Waals surface area contributed by atoms with E-state index in [0.717, 1.165) is 22.6 Å². The van der Waals surface area contributed by atoms with E-state index in [-0.39, 0.29) is 11.5 Å². The van der Waals surface area contributed by atoms with Gasteiger partial charge in [-0.15, -0.1) is 10.2 Å². The van der Waals surface area contributed by atoms with Crippen LogP contribution in [0.1, 0.15) is 21.7 Å². The minimum atomic E-state index is 0.0514. The van der Waals surface area contributed by atoms with Gasteiger partial charge in [0.05, 0.1) is 25.7 Å². The molecule has 2 aromatic carbocycles. The summed E-state index contributed by atoms with van der Waals surface area (Å²) in [5.41, 5.74) is 2.70. The van der Waals surface area contributed by atoms with Crippen molar-refractivity contribution in [1.82, 2.24) is 14.8 Å². The first-order valence-electron chi connectivity index (χ1n) is 9.46. The summed E-state index contributed by atoms with van der Waals surface area (Å²) in [6.45, 7) is 2.47. The topological polar surface area (TPSA) is 70.2 Å². The number of thioether (sulfide) groups is 1. The Kier molecular flexibility index (Phi) is 5.99. The molecule has 0 unspecified atom stereocenters. The maximum absolute atomic E-state index is 12.6. The molecule has 0 bridgehead atoms. The van der Waals surface area contributed by atoms with Crippen LogP contribution in [0.15, 0.2) is 76.5 Å². The Hall–Kier alpha value is -3.32. The third-order valence-corrected chi connectivity index (χ3v) is 5.61. The van der Waals surface area contributed by atoms with Crippen molar-refractivity contribution in [2.75, 3.05) is 12.9 Å². The number of methoxy groups -OCH3 is 1. The van der Waals surface area contributed by atoms with Gasteiger partial charge in [-0.3, -0.25) is 9.36 Å². The SMILES string of the molecule is COc1cccc(-c2nnc(SCC(=O)c3ccc(C)cc3)n2Cc2ccco2)c1. The number of benzene rings is 2. The number of aromatic nitrogens is 3. The van der Waals surface area contributed by atoms with Gasteiger partial charge in [0, 0.05) is 11.1 Å². The van der Waals surface area contributed by atoms with Crippen LogP contribution in [0.25, 0.3) is 11.4 Å². The van der Waals surface area contributed by atoms with Gasteiger partial charge in [0.25, 0.3) is 0 Å². The Labute approximate surface area is 178 Å². The van der Waals surface area contributed by atoms with Gasteiger partial charge in [-0.2, -0.15) is 0 Å². The summed E-state index contributed by atoms with van der Waals surface area (Å²) in [6.07, 6.45) is 1.64. The Morgan fingerprint density at radius 1 is 1.10 bits per heavy atom. The maximum atomic E-state index is 12.6. The fraction of sp³-hybridized carbons (Fsp3) is 0.174. The molecule has 0 atom stereocenters. The van der Waals surface area contributed by atoms with E-state index < -0.39 is 0 Å². The second kappa shape index (κ2) is 9.00. The monoisotopic (exact) mass is 419 g/mol. The van der Waals surface area contributed by atoms with E-state index in [2.05, 4.69) is 10.2 Å². The molecule has 0 saturated heterocycles. The number of rotatable bonds is 8. The first kappa shape index (κ1) is 20.0. The fourth-order valence-corrected chi connectivity index (χ4v) is 3.86. The zero-order valence-electron chi connectivity index (χ0n) is 16.7. The Bertz CT molecular complexity index is 1130. The van der Waals surface area contributed by atoms with E-state index in [1.165, 1.54) is 11.8 Å². The highest BCUT2D eigenvalue weighted by atomic mass is 32.2. The first-order chi connectivity index (χ1) is 14.6. The minimum Gasteiger partial charge on any atom is -0.497 e. The Morgan fingerprint density at radius 2 is 1.93 bits per heavy atom. The summed E-state index contributed by atoms with van der Waals surface area (Å²) in [6, 6.07) is 19.0. The number of ether oxygens (including phenoxy) is 1. The van der Waals surface area contributed by atoms with E-state index >= 15 is 0 Å². The fourth-order valence-electron chi connectivity index (χ4n) is 3.02. The first-order valence-corrected chi connectivity index (χ1v) is 10.5. The number of ketones is 1. The van der Waals surface area contributed by atoms with E-state index in [1.807, 2.05) is 72.2 Å². The molecule has 4 aromatic rings. The van der Waals surface area contributed by atoms with Crippen molar-refractivity contribution >= 4 is 17.5 Å². The van der Waals surface area contributed by atoms with E-state index in [9.17, 15) is 4.79 Å². The van der Waals surface area contributed by atoms with E-state index in [0.29, 0.717) is 23.1 Å². The largest absolute Gasteiger partial charge is 0.497 e. The molecule has 30 heavy (non-hydrogen) atoms. The summed E-state index contributed by atoms with van der Waals surface area (Å²) in [7, 11) is 1.63. The van der Waals surface area contributed by atoms with Crippen LogP contribution in [0.3, 0.4) is 0 Å². The van der Waals surface area contributed by atoms with Crippen molar-refractivity contribution in [3.8, 4) is 17.1 Å². The molecule has 2 aromatic heterocycles. The molecule has 0 spiro atoms. The van der Waals surface area contributed by atoms with Crippen LogP contribution in [-0.4, -0.2) is 33.4 Å². The smallest absolute Gasteiger partial charge is 0.192 e. The lowest BCUT2D eigenvalue weighted by Gasteiger charge is -2.09. The standard InChI is InChI=1S/C23H21N3O3S/c1-16-8-10-17(11-9-16)21(27)15-30-23-25-24-22(18-5-3-6-19(13-18)28-2)26(23)14-20-7-4-12-29-20/h3-13H,14-15H2,1-2H3. The van der Waals surface area contributed by atoms with Crippen LogP contribution in [0.4, 0.5) is 0 Å². The summed E-state index contributed by atoms with van der Waals surface area (Å²) in [5.74, 6) is 2.54. The lowest BCUT2D eigenvalue weighted by Crippen LogP contribution is -2.07. The number of Topliss-reactive ketones (excluding diaryl/α,β-unsaturated/α-hetero) is 1. The molecule has 6 nitrogen and oxygen atoms in total. The molecule has 0 radical (unpaired) electrons. The van der Waals surface area contributed by atoms with Gasteiger partial charge in [0.1, 0.15) is 11.5 Å². The van der Waals surface area contributed by atoms with Gasteiger partial charge in [-0.05, 0) is 31.2 Å². The number of hydrogen-bond acceptors (Lipinski definition) is 6. The highest BCUT2D eigenvalue weighted by molar-refractivity contribution is 7.99. The van der Waals surface area contributed by atoms with Gasteiger partial charge in [0.2, 0.25) is 0 Å². The zero-order valence-corrected chi connectivity index (χ0v) is 17.6. The lowest BCUT2D eigenvalue weighted by molar-refractivity contribution is 0.102. The lowest BCUT2D eigenvalue weighted by atomic mass is 10.1. The van der Waals surface area contributed by atoms with E-state index in [1.54, 1.807) is 13.4 Å². The van der Waals surface area contributed by atoms with Crippen LogP contribution < -0.4 is 4.74 Å². The third kappa shape index (κ3) is 4.46. The predicted molar refractivity (Wildman–Crippen MR) is 116 cm³/mol. The molecular weight excluding hydrogens is 398 g/mol. The van der Waals surface area contributed by atoms with Crippen LogP contribution in [0.5, 0.6) is 5.75 Å². The number of hydrogen-bond donors (Lipinski definition) is 0. The molecule has 0 N–H and O–H groups in total. The van der Waals surface area contributed by atoms with Crippen molar-refractivity contribution in [3.05, 3.63) is 83.8 Å². The maximum Gasteiger partial charge on any atom is 0.192 e. The molecule has 2 heterocycles. The molecule has 0 amide bonds. The molecule has 4 rings (SSSR count). The van der Waals surface area contributed by atoms with Crippen LogP contribution in [-0.2, 0) is 6.54 Å². The number of carbonyl (C=O) groups is 1. The number of aryl methyl sites for hydroxylation is 1. The second-order valence-corrected chi connectivity index (χ2v) is 7.72. The molecule has 0 aliphatic heterocycles. The molecule has 0 fully saturated rings. The normalized spacial score (nSPS) is 10.9. The Morgan fingerprint density at radius 3 is 2.67 bits per heavy atom. The molecule has 0 saturated carbocycles. The highest BCUT2D eigenvalue weighted by Gasteiger charge is 2.18.